The van der Waals surface area contributed by atoms with Gasteiger partial charge in [0.15, 0.2) is 5.78 Å². The summed E-state index contributed by atoms with van der Waals surface area (Å²) in [6.45, 7) is 0.277. The van der Waals surface area contributed by atoms with Gasteiger partial charge in [-0.1, -0.05) is 42.5 Å². The highest BCUT2D eigenvalue weighted by atomic mass is 19.1. The topological polar surface area (TPSA) is 114 Å². The second kappa shape index (κ2) is 10.1. The Kier molecular flexibility index (Phi) is 6.84. The predicted molar refractivity (Wildman–Crippen MR) is 130 cm³/mol. The van der Waals surface area contributed by atoms with Crippen LogP contribution in [0.3, 0.4) is 0 Å². The average molecular weight is 471 g/mol. The van der Waals surface area contributed by atoms with Crippen molar-refractivity contribution in [3.63, 3.8) is 0 Å². The quantitative estimate of drug-likeness (QED) is 0.338. The fraction of sp³-hybridized carbons (Fsp3) is 0.0741. The van der Waals surface area contributed by atoms with Gasteiger partial charge in [0.25, 0.3) is 5.56 Å². The molecule has 0 aliphatic carbocycles. The highest BCUT2D eigenvalue weighted by Gasteiger charge is 2.19. The van der Waals surface area contributed by atoms with Crippen molar-refractivity contribution in [2.24, 2.45) is 0 Å². The number of nitrogens with one attached hydrogen (secondary N) is 1. The van der Waals surface area contributed by atoms with Crippen LogP contribution in [-0.4, -0.2) is 21.4 Å². The first-order chi connectivity index (χ1) is 16.8. The molecular weight excluding hydrogens is 449 g/mol. The molecule has 35 heavy (non-hydrogen) atoms. The number of carbonyl (C=O) groups excluding carboxylic acids is 1. The fourth-order valence-electron chi connectivity index (χ4n) is 3.74. The highest BCUT2D eigenvalue weighted by Crippen LogP contribution is 2.20. The van der Waals surface area contributed by atoms with E-state index in [4.69, 9.17) is 5.73 Å². The lowest BCUT2D eigenvalue weighted by Gasteiger charge is -2.16. The maximum atomic E-state index is 13.2. The first kappa shape index (κ1) is 23.6. The number of hydrogen-bond acceptors (Lipinski definition) is 5. The molecule has 0 unspecified atom stereocenters. The molecule has 4 N–H and O–H groups in total. The molecule has 0 aliphatic heterocycles. The number of aromatic nitrogens is 1. The van der Waals surface area contributed by atoms with Crippen LogP contribution in [0.4, 0.5) is 10.2 Å². The minimum atomic E-state index is -0.991. The second-order valence-electron chi connectivity index (χ2n) is 7.87. The van der Waals surface area contributed by atoms with Gasteiger partial charge in [0.05, 0.1) is 11.3 Å². The lowest BCUT2D eigenvalue weighted by Crippen LogP contribution is -2.28. The van der Waals surface area contributed by atoms with Gasteiger partial charge < -0.3 is 10.8 Å². The molecule has 0 saturated carbocycles. The molecular formula is C27H22FN3O4. The number of carboxylic acid groups (broad SMARTS) is 1. The molecule has 1 heterocycles. The number of carboxylic acids is 1. The van der Waals surface area contributed by atoms with Crippen molar-refractivity contribution in [2.75, 3.05) is 5.73 Å². The summed E-state index contributed by atoms with van der Waals surface area (Å²) in [5.41, 5.74) is 8.03. The van der Waals surface area contributed by atoms with Crippen molar-refractivity contribution in [2.45, 2.75) is 12.6 Å². The smallest absolute Gasteiger partial charge is 0.325 e. The Morgan fingerprint density at radius 1 is 0.914 bits per heavy atom. The average Bonchev–Trinajstić information content (AvgIpc) is 2.86. The van der Waals surface area contributed by atoms with E-state index in [2.05, 4.69) is 5.32 Å². The molecule has 0 amide bonds. The number of anilines is 1. The van der Waals surface area contributed by atoms with Crippen LogP contribution in [0.1, 0.15) is 33.1 Å². The van der Waals surface area contributed by atoms with E-state index in [9.17, 15) is 23.9 Å². The van der Waals surface area contributed by atoms with Gasteiger partial charge >= 0.3 is 5.97 Å². The molecule has 8 heteroatoms. The van der Waals surface area contributed by atoms with Crippen LogP contribution < -0.4 is 16.6 Å². The zero-order valence-electron chi connectivity index (χ0n) is 18.5. The third kappa shape index (κ3) is 5.18. The molecule has 1 atom stereocenters. The summed E-state index contributed by atoms with van der Waals surface area (Å²) in [6.07, 6.45) is 0. The van der Waals surface area contributed by atoms with Gasteiger partial charge in [0.2, 0.25) is 0 Å². The number of pyridine rings is 1. The number of halogens is 1. The standard InChI is InChI=1S/C27H22FN3O4/c28-20-10-8-19(9-11-20)25(33)22-14-15-23(32)31(26(22)29)21-12-6-17(7-13-21)16-30-24(27(34)35)18-4-2-1-3-5-18/h1-15,24,30H,16,29H2,(H,34,35)/t24-/m0/s1. The van der Waals surface area contributed by atoms with Gasteiger partial charge in [-0.15, -0.1) is 0 Å². The number of nitrogens with zero attached hydrogens (tertiary/aromatic N) is 1. The summed E-state index contributed by atoms with van der Waals surface area (Å²) in [7, 11) is 0. The van der Waals surface area contributed by atoms with Crippen LogP contribution in [0.2, 0.25) is 0 Å². The maximum Gasteiger partial charge on any atom is 0.325 e. The SMILES string of the molecule is Nc1c(C(=O)c2ccc(F)cc2)ccc(=O)n1-c1ccc(CN[C@H](C(=O)O)c2ccccc2)cc1. The molecule has 1 aromatic heterocycles. The van der Waals surface area contributed by atoms with Gasteiger partial charge in [-0.3, -0.25) is 24.3 Å². The number of rotatable bonds is 8. The molecule has 4 rings (SSSR count). The Morgan fingerprint density at radius 2 is 1.57 bits per heavy atom. The van der Waals surface area contributed by atoms with Crippen LogP contribution in [0, 0.1) is 5.82 Å². The second-order valence-corrected chi connectivity index (χ2v) is 7.87. The van der Waals surface area contributed by atoms with Gasteiger partial charge in [0, 0.05) is 18.2 Å². The molecule has 4 aromatic rings. The van der Waals surface area contributed by atoms with Crippen molar-refractivity contribution >= 4 is 17.6 Å². The van der Waals surface area contributed by atoms with E-state index in [0.717, 1.165) is 5.56 Å². The van der Waals surface area contributed by atoms with Crippen LogP contribution in [0.25, 0.3) is 5.69 Å². The first-order valence-electron chi connectivity index (χ1n) is 10.8. The monoisotopic (exact) mass is 471 g/mol. The maximum absolute atomic E-state index is 13.2. The van der Waals surface area contributed by atoms with Crippen molar-refractivity contribution in [3.05, 3.63) is 129 Å². The van der Waals surface area contributed by atoms with E-state index in [0.29, 0.717) is 11.3 Å². The van der Waals surface area contributed by atoms with E-state index in [1.165, 1.54) is 41.0 Å². The van der Waals surface area contributed by atoms with Crippen molar-refractivity contribution in [3.8, 4) is 5.69 Å². The number of ketones is 1. The molecule has 0 fully saturated rings. The van der Waals surface area contributed by atoms with E-state index in [1.54, 1.807) is 48.5 Å². The van der Waals surface area contributed by atoms with Gasteiger partial charge in [-0.25, -0.2) is 4.39 Å². The third-order valence-electron chi connectivity index (χ3n) is 5.57. The molecule has 7 nitrogen and oxygen atoms in total. The van der Waals surface area contributed by atoms with Gasteiger partial charge in [-0.05, 0) is 53.6 Å². The van der Waals surface area contributed by atoms with Crippen molar-refractivity contribution in [1.29, 1.82) is 0 Å². The van der Waals surface area contributed by atoms with E-state index in [-0.39, 0.29) is 23.5 Å². The van der Waals surface area contributed by atoms with Gasteiger partial charge in [0.1, 0.15) is 17.7 Å². The summed E-state index contributed by atoms with van der Waals surface area (Å²) >= 11 is 0. The number of nitrogen functional groups attached to an aromatic ring is 1. The Morgan fingerprint density at radius 3 is 2.20 bits per heavy atom. The number of carbonyl (C=O) groups is 2. The van der Waals surface area contributed by atoms with Crippen LogP contribution in [-0.2, 0) is 11.3 Å². The Labute approximate surface area is 200 Å². The third-order valence-corrected chi connectivity index (χ3v) is 5.57. The van der Waals surface area contributed by atoms with E-state index in [1.807, 2.05) is 6.07 Å². The first-order valence-corrected chi connectivity index (χ1v) is 10.8. The summed E-state index contributed by atoms with van der Waals surface area (Å²) in [5.74, 6) is -1.92. The minimum Gasteiger partial charge on any atom is -0.480 e. The summed E-state index contributed by atoms with van der Waals surface area (Å²) in [4.78, 5) is 37.1. The molecule has 0 saturated heterocycles. The van der Waals surface area contributed by atoms with E-state index >= 15 is 0 Å². The normalized spacial score (nSPS) is 11.7. The van der Waals surface area contributed by atoms with Crippen LogP contribution in [0.15, 0.2) is 95.8 Å². The van der Waals surface area contributed by atoms with Gasteiger partial charge in [-0.2, -0.15) is 0 Å². The predicted octanol–water partition coefficient (Wildman–Crippen LogP) is 3.71. The number of aliphatic carboxylic acids is 1. The van der Waals surface area contributed by atoms with Crippen molar-refractivity contribution < 1.29 is 19.1 Å². The Bertz CT molecular complexity index is 1420. The van der Waals surface area contributed by atoms with Crippen LogP contribution >= 0.6 is 0 Å². The molecule has 3 aromatic carbocycles. The van der Waals surface area contributed by atoms with Crippen LogP contribution in [0.5, 0.6) is 0 Å². The Balaban J connectivity index is 1.56. The highest BCUT2D eigenvalue weighted by molar-refractivity contribution is 6.11. The lowest BCUT2D eigenvalue weighted by atomic mass is 10.0. The van der Waals surface area contributed by atoms with Crippen molar-refractivity contribution in [1.82, 2.24) is 9.88 Å². The number of nitrogens with two attached hydrogens (primary N) is 1. The lowest BCUT2D eigenvalue weighted by molar-refractivity contribution is -0.139. The molecule has 0 radical (unpaired) electrons. The fourth-order valence-corrected chi connectivity index (χ4v) is 3.74. The summed E-state index contributed by atoms with van der Waals surface area (Å²) < 4.78 is 14.4. The van der Waals surface area contributed by atoms with E-state index < -0.39 is 29.2 Å². The number of benzene rings is 3. The zero-order chi connectivity index (χ0) is 24.9. The summed E-state index contributed by atoms with van der Waals surface area (Å²) in [5, 5.41) is 12.6. The largest absolute Gasteiger partial charge is 0.480 e. The minimum absolute atomic E-state index is 0.0345. The Hall–Kier alpha value is -4.56. The molecule has 176 valence electrons. The molecule has 0 aliphatic rings. The number of hydrogen-bond donors (Lipinski definition) is 3. The zero-order valence-corrected chi connectivity index (χ0v) is 18.5. The summed E-state index contributed by atoms with van der Waals surface area (Å²) in [6, 6.07) is 22.5. The molecule has 0 spiro atoms. The molecule has 0 bridgehead atoms.